The van der Waals surface area contributed by atoms with Gasteiger partial charge in [-0.3, -0.25) is 0 Å². The minimum Gasteiger partial charge on any atom is -0.501 e. The molecule has 0 aliphatic carbocycles. The molecule has 134 valence electrons. The van der Waals surface area contributed by atoms with Gasteiger partial charge in [-0.15, -0.1) is 0 Å². The van der Waals surface area contributed by atoms with Gasteiger partial charge in [0.05, 0.1) is 0 Å². The first-order chi connectivity index (χ1) is 12.3. The zero-order valence-electron chi connectivity index (χ0n) is 14.6. The Morgan fingerprint density at radius 2 is 1.88 bits per heavy atom. The molecule has 0 saturated carbocycles. The van der Waals surface area contributed by atoms with Gasteiger partial charge in [-0.25, -0.2) is 9.59 Å². The molecule has 6 heteroatoms. The molecule has 6 nitrogen and oxygen atoms in total. The van der Waals surface area contributed by atoms with Gasteiger partial charge in [-0.1, -0.05) is 23.8 Å². The van der Waals surface area contributed by atoms with Crippen molar-refractivity contribution in [3.05, 3.63) is 57.9 Å². The lowest BCUT2D eigenvalue weighted by atomic mass is 9.95. The molecule has 0 aliphatic heterocycles. The lowest BCUT2D eigenvalue weighted by Gasteiger charge is -2.13. The molecule has 0 fully saturated rings. The van der Waals surface area contributed by atoms with Crippen molar-refractivity contribution in [2.24, 2.45) is 0 Å². The number of hydrogen-bond acceptors (Lipinski definition) is 5. The molecule has 0 spiro atoms. The predicted molar refractivity (Wildman–Crippen MR) is 96.8 cm³/mol. The molecule has 0 bridgehead atoms. The standard InChI is InChI=1S/C20H18O6/c1-10-4-6-14(11(2)8-10)17-15-7-5-13(25-12(3)19(22)23)9-16(15)26-20(24)18(17)21/h4-9,12,21H,1-3H3,(H,22,23)/t12-/m1/s1. The lowest BCUT2D eigenvalue weighted by Crippen LogP contribution is -2.22. The Hall–Kier alpha value is -3.28. The second-order valence-corrected chi connectivity index (χ2v) is 6.19. The van der Waals surface area contributed by atoms with Crippen molar-refractivity contribution in [3.8, 4) is 22.6 Å². The van der Waals surface area contributed by atoms with E-state index in [1.165, 1.54) is 13.0 Å². The zero-order chi connectivity index (χ0) is 19.0. The highest BCUT2D eigenvalue weighted by Gasteiger charge is 2.19. The number of hydrogen-bond donors (Lipinski definition) is 2. The maximum absolute atomic E-state index is 12.1. The van der Waals surface area contributed by atoms with Crippen LogP contribution in [0.25, 0.3) is 22.1 Å². The number of aliphatic carboxylic acids is 1. The monoisotopic (exact) mass is 354 g/mol. The molecule has 0 radical (unpaired) electrons. The maximum atomic E-state index is 12.1. The Labute approximate surface area is 149 Å². The molecule has 1 heterocycles. The molecule has 2 N–H and O–H groups in total. The fraction of sp³-hybridized carbons (Fsp3) is 0.200. The van der Waals surface area contributed by atoms with Crippen molar-refractivity contribution in [2.45, 2.75) is 26.9 Å². The minimum atomic E-state index is -1.10. The van der Waals surface area contributed by atoms with Gasteiger partial charge in [0.25, 0.3) is 0 Å². The Balaban J connectivity index is 2.21. The highest BCUT2D eigenvalue weighted by Crippen LogP contribution is 2.37. The van der Waals surface area contributed by atoms with Crippen LogP contribution in [0.2, 0.25) is 0 Å². The molecule has 3 rings (SSSR count). The number of fused-ring (bicyclic) bond motifs is 1. The Morgan fingerprint density at radius 3 is 2.54 bits per heavy atom. The van der Waals surface area contributed by atoms with Crippen LogP contribution in [-0.4, -0.2) is 22.3 Å². The highest BCUT2D eigenvalue weighted by atomic mass is 16.5. The van der Waals surface area contributed by atoms with Crippen molar-refractivity contribution in [3.63, 3.8) is 0 Å². The highest BCUT2D eigenvalue weighted by molar-refractivity contribution is 5.97. The van der Waals surface area contributed by atoms with Crippen LogP contribution in [0.4, 0.5) is 0 Å². The fourth-order valence-electron chi connectivity index (χ4n) is 2.87. The Morgan fingerprint density at radius 1 is 1.15 bits per heavy atom. The number of rotatable bonds is 4. The molecular weight excluding hydrogens is 336 g/mol. The third kappa shape index (κ3) is 3.13. The largest absolute Gasteiger partial charge is 0.501 e. The average molecular weight is 354 g/mol. The van der Waals surface area contributed by atoms with Gasteiger partial charge >= 0.3 is 11.6 Å². The first-order valence-corrected chi connectivity index (χ1v) is 8.05. The van der Waals surface area contributed by atoms with E-state index in [9.17, 15) is 14.7 Å². The third-order valence-corrected chi connectivity index (χ3v) is 4.17. The third-order valence-electron chi connectivity index (χ3n) is 4.17. The second-order valence-electron chi connectivity index (χ2n) is 6.19. The van der Waals surface area contributed by atoms with Crippen LogP contribution in [0.5, 0.6) is 11.5 Å². The predicted octanol–water partition coefficient (Wildman–Crippen LogP) is 3.63. The Bertz CT molecular complexity index is 1060. The maximum Gasteiger partial charge on any atom is 0.379 e. The topological polar surface area (TPSA) is 97.0 Å². The van der Waals surface area contributed by atoms with Gasteiger partial charge in [-0.05, 0) is 44.0 Å². The molecule has 0 unspecified atom stereocenters. The van der Waals surface area contributed by atoms with E-state index < -0.39 is 23.4 Å². The lowest BCUT2D eigenvalue weighted by molar-refractivity contribution is -0.144. The molecular formula is C20H18O6. The normalized spacial score (nSPS) is 12.1. The van der Waals surface area contributed by atoms with E-state index in [1.54, 1.807) is 12.1 Å². The summed E-state index contributed by atoms with van der Waals surface area (Å²) in [5.74, 6) is -1.31. The van der Waals surface area contributed by atoms with E-state index in [1.807, 2.05) is 32.0 Å². The number of carboxylic acid groups (broad SMARTS) is 1. The van der Waals surface area contributed by atoms with Crippen LogP contribution < -0.4 is 10.4 Å². The van der Waals surface area contributed by atoms with E-state index in [0.717, 1.165) is 16.7 Å². The second kappa shape index (κ2) is 6.55. The summed E-state index contributed by atoms with van der Waals surface area (Å²) in [6.07, 6.45) is -1.05. The summed E-state index contributed by atoms with van der Waals surface area (Å²) in [6, 6.07) is 10.4. The summed E-state index contributed by atoms with van der Waals surface area (Å²) in [7, 11) is 0. The molecule has 2 aromatic carbocycles. The first-order valence-electron chi connectivity index (χ1n) is 8.05. The first kappa shape index (κ1) is 17.5. The number of ether oxygens (including phenoxy) is 1. The summed E-state index contributed by atoms with van der Waals surface area (Å²) in [5, 5.41) is 19.8. The van der Waals surface area contributed by atoms with Crippen LogP contribution in [0.3, 0.4) is 0 Å². The minimum absolute atomic E-state index is 0.206. The molecule has 0 amide bonds. The van der Waals surface area contributed by atoms with Gasteiger partial charge in [0, 0.05) is 17.0 Å². The molecule has 3 aromatic rings. The van der Waals surface area contributed by atoms with Crippen molar-refractivity contribution < 1.29 is 24.2 Å². The number of aromatic hydroxyl groups is 1. The summed E-state index contributed by atoms with van der Waals surface area (Å²) in [5.41, 5.74) is 2.42. The summed E-state index contributed by atoms with van der Waals surface area (Å²) in [6.45, 7) is 5.26. The van der Waals surface area contributed by atoms with Crippen molar-refractivity contribution in [2.75, 3.05) is 0 Å². The number of carboxylic acids is 1. The molecule has 1 aromatic heterocycles. The van der Waals surface area contributed by atoms with Crippen molar-refractivity contribution >= 4 is 16.9 Å². The molecule has 0 aliphatic rings. The molecule has 0 saturated heterocycles. The van der Waals surface area contributed by atoms with Crippen molar-refractivity contribution in [1.82, 2.24) is 0 Å². The van der Waals surface area contributed by atoms with Gasteiger partial charge in [-0.2, -0.15) is 0 Å². The quantitative estimate of drug-likeness (QED) is 0.695. The van der Waals surface area contributed by atoms with E-state index in [4.69, 9.17) is 14.3 Å². The fourth-order valence-corrected chi connectivity index (χ4v) is 2.87. The van der Waals surface area contributed by atoms with Gasteiger partial charge < -0.3 is 19.4 Å². The number of aryl methyl sites for hydroxylation is 2. The number of benzene rings is 2. The SMILES string of the molecule is Cc1ccc(-c2c(O)c(=O)oc3cc(O[C@H](C)C(=O)O)ccc23)c(C)c1. The van der Waals surface area contributed by atoms with Crippen LogP contribution in [0, 0.1) is 13.8 Å². The van der Waals surface area contributed by atoms with Crippen LogP contribution >= 0.6 is 0 Å². The van der Waals surface area contributed by atoms with Crippen LogP contribution in [-0.2, 0) is 4.79 Å². The average Bonchev–Trinajstić information content (AvgIpc) is 2.57. The van der Waals surface area contributed by atoms with Crippen molar-refractivity contribution in [1.29, 1.82) is 0 Å². The zero-order valence-corrected chi connectivity index (χ0v) is 14.6. The van der Waals surface area contributed by atoms with Crippen LogP contribution in [0.1, 0.15) is 18.1 Å². The van der Waals surface area contributed by atoms with E-state index in [0.29, 0.717) is 10.9 Å². The summed E-state index contributed by atoms with van der Waals surface area (Å²) < 4.78 is 10.5. The van der Waals surface area contributed by atoms with Gasteiger partial charge in [0.15, 0.2) is 6.10 Å². The summed E-state index contributed by atoms with van der Waals surface area (Å²) in [4.78, 5) is 23.0. The molecule has 1 atom stereocenters. The van der Waals surface area contributed by atoms with Gasteiger partial charge in [0.1, 0.15) is 11.3 Å². The van der Waals surface area contributed by atoms with Crippen LogP contribution in [0.15, 0.2) is 45.6 Å². The number of carbonyl (C=O) groups is 1. The van der Waals surface area contributed by atoms with E-state index in [2.05, 4.69) is 0 Å². The molecule has 26 heavy (non-hydrogen) atoms. The van der Waals surface area contributed by atoms with Gasteiger partial charge in [0.2, 0.25) is 5.75 Å². The smallest absolute Gasteiger partial charge is 0.379 e. The Kier molecular flexibility index (Phi) is 4.42. The van der Waals surface area contributed by atoms with E-state index in [-0.39, 0.29) is 11.3 Å². The van der Waals surface area contributed by atoms with E-state index >= 15 is 0 Å². The summed E-state index contributed by atoms with van der Waals surface area (Å²) >= 11 is 0.